The fourth-order valence-corrected chi connectivity index (χ4v) is 4.16. The van der Waals surface area contributed by atoms with Crippen LogP contribution >= 0.6 is 0 Å². The quantitative estimate of drug-likeness (QED) is 0.518. The first-order chi connectivity index (χ1) is 13.8. The lowest BCUT2D eigenvalue weighted by Gasteiger charge is -2.40. The van der Waals surface area contributed by atoms with Crippen molar-refractivity contribution in [2.75, 3.05) is 13.1 Å². The molecule has 3 aliphatic rings. The molecule has 29 heavy (non-hydrogen) atoms. The number of nitrogens with one attached hydrogen (secondary N) is 1. The first-order valence-electron chi connectivity index (χ1n) is 9.44. The van der Waals surface area contributed by atoms with Crippen LogP contribution in [0.4, 0.5) is 0 Å². The molecular weight excluding hydrogens is 381 g/mol. The van der Waals surface area contributed by atoms with Crippen LogP contribution in [0.2, 0.25) is 5.82 Å². The lowest BCUT2D eigenvalue weighted by Crippen LogP contribution is -2.56. The molecule has 5 rings (SSSR count). The third-order valence-electron chi connectivity index (χ3n) is 5.83. The topological polar surface area (TPSA) is 145 Å². The largest absolute Gasteiger partial charge is 0.669 e. The summed E-state index contributed by atoms with van der Waals surface area (Å²) in [6.07, 6.45) is 3.55. The van der Waals surface area contributed by atoms with Crippen molar-refractivity contribution in [1.82, 2.24) is 14.9 Å². The summed E-state index contributed by atoms with van der Waals surface area (Å²) in [6.45, 7) is -2.42. The van der Waals surface area contributed by atoms with Crippen molar-refractivity contribution in [1.29, 1.82) is 0 Å². The van der Waals surface area contributed by atoms with Gasteiger partial charge in [0, 0.05) is 6.20 Å². The number of ether oxygens (including phenoxy) is 1. The molecule has 0 radical (unpaired) electrons. The van der Waals surface area contributed by atoms with Crippen molar-refractivity contribution in [2.24, 2.45) is 0 Å². The number of aromatic carboxylic acids is 1. The first kappa shape index (κ1) is 18.0. The molecule has 2 fully saturated rings. The van der Waals surface area contributed by atoms with Crippen LogP contribution in [0.15, 0.2) is 24.7 Å². The molecule has 1 saturated heterocycles. The van der Waals surface area contributed by atoms with Gasteiger partial charge in [-0.1, -0.05) is 18.3 Å². The van der Waals surface area contributed by atoms with Gasteiger partial charge in [-0.25, -0.2) is 9.78 Å². The minimum atomic E-state index is -3.08. The van der Waals surface area contributed by atoms with Gasteiger partial charge in [0.1, 0.15) is 17.4 Å². The van der Waals surface area contributed by atoms with Gasteiger partial charge >= 0.3 is 12.7 Å². The number of benzene rings is 1. The molecule has 1 amide bonds. The molecule has 2 atom stereocenters. The van der Waals surface area contributed by atoms with Gasteiger partial charge in [0.05, 0.1) is 37.3 Å². The Hall–Kier alpha value is -3.05. The minimum Gasteiger partial charge on any atom is -0.669 e. The highest BCUT2D eigenvalue weighted by molar-refractivity contribution is 6.62. The molecule has 1 aliphatic carbocycles. The van der Waals surface area contributed by atoms with Crippen LogP contribution in [0, 0.1) is 0 Å². The maximum atomic E-state index is 12.2. The Morgan fingerprint density at radius 1 is 1.34 bits per heavy atom. The third-order valence-corrected chi connectivity index (χ3v) is 5.83. The van der Waals surface area contributed by atoms with E-state index in [0.717, 1.165) is 0 Å². The van der Waals surface area contributed by atoms with Gasteiger partial charge in [-0.05, 0) is 17.5 Å². The number of nitrogens with zero attached hydrogens (tertiary/aromatic N) is 2. The van der Waals surface area contributed by atoms with Crippen LogP contribution in [-0.2, 0) is 11.2 Å². The highest BCUT2D eigenvalue weighted by Crippen LogP contribution is 2.63. The molecule has 4 N–H and O–H groups in total. The van der Waals surface area contributed by atoms with Gasteiger partial charge in [0.15, 0.2) is 0 Å². The van der Waals surface area contributed by atoms with E-state index in [1.54, 1.807) is 23.2 Å². The Labute approximate surface area is 165 Å². The smallest absolute Gasteiger partial charge is 0.434 e. The van der Waals surface area contributed by atoms with Crippen molar-refractivity contribution >= 4 is 18.6 Å². The molecule has 0 bridgehead atoms. The summed E-state index contributed by atoms with van der Waals surface area (Å²) < 4.78 is 11.1. The van der Waals surface area contributed by atoms with Crippen molar-refractivity contribution in [2.45, 2.75) is 30.7 Å². The second kappa shape index (κ2) is 6.23. The number of aromatic amines is 1. The molecule has 0 spiro atoms. The molecule has 1 saturated carbocycles. The standard InChI is InChI=1S/C18H19BN3O7/c23-15(3-9-5-20-8-21-9)22-6-10(7-22)28-14-2-1-11-12-4-13(12)19(26,27)29-17(11)16(14)18(24)25/h1-2,5,8,10,12-13,26-27H,3-4,6-7H2,(H,20,21)(H,24,25)/q-1/t12-,13-/m0/s1. The van der Waals surface area contributed by atoms with E-state index in [-0.39, 0.29) is 41.4 Å². The number of carboxylic acid groups (broad SMARTS) is 1. The fourth-order valence-electron chi connectivity index (χ4n) is 4.16. The first-order valence-corrected chi connectivity index (χ1v) is 9.44. The number of fused-ring (bicyclic) bond motifs is 3. The van der Waals surface area contributed by atoms with Crippen molar-refractivity contribution in [3.8, 4) is 11.5 Å². The SMILES string of the molecule is O=C(O)c1c(OC2CN(C(=O)Cc3c[nH]cn3)C2)ccc2c1O[B-](O)(O)[C@H]1C[C@@H]21. The molecule has 2 aliphatic heterocycles. The van der Waals surface area contributed by atoms with Crippen LogP contribution in [0.1, 0.15) is 34.0 Å². The summed E-state index contributed by atoms with van der Waals surface area (Å²) in [5.41, 5.74) is 1.09. The maximum Gasteiger partial charge on any atom is 0.434 e. The van der Waals surface area contributed by atoms with Gasteiger partial charge in [-0.3, -0.25) is 4.79 Å². The number of rotatable bonds is 5. The number of imidazole rings is 1. The zero-order valence-corrected chi connectivity index (χ0v) is 15.3. The summed E-state index contributed by atoms with van der Waals surface area (Å²) >= 11 is 0. The number of carboxylic acids is 1. The highest BCUT2D eigenvalue weighted by Gasteiger charge is 2.55. The number of H-pyrrole nitrogens is 1. The van der Waals surface area contributed by atoms with E-state index in [4.69, 9.17) is 9.39 Å². The summed E-state index contributed by atoms with van der Waals surface area (Å²) in [7, 11) is 0. The second-order valence-corrected chi connectivity index (χ2v) is 7.82. The van der Waals surface area contributed by atoms with Crippen LogP contribution in [-0.4, -0.2) is 67.8 Å². The molecule has 10 nitrogen and oxygen atoms in total. The Morgan fingerprint density at radius 2 is 2.14 bits per heavy atom. The predicted molar refractivity (Wildman–Crippen MR) is 98.6 cm³/mol. The number of likely N-dealkylation sites (tertiary alicyclic amines) is 1. The average Bonchev–Trinajstić information content (AvgIpc) is 3.28. The lowest BCUT2D eigenvalue weighted by atomic mass is 9.68. The van der Waals surface area contributed by atoms with E-state index in [9.17, 15) is 24.7 Å². The average molecular weight is 400 g/mol. The van der Waals surface area contributed by atoms with Gasteiger partial charge in [0.25, 0.3) is 0 Å². The minimum absolute atomic E-state index is 0.0375. The van der Waals surface area contributed by atoms with E-state index in [2.05, 4.69) is 9.97 Å². The maximum absolute atomic E-state index is 12.2. The Morgan fingerprint density at radius 3 is 2.83 bits per heavy atom. The predicted octanol–water partition coefficient (Wildman–Crippen LogP) is 0.114. The lowest BCUT2D eigenvalue weighted by molar-refractivity contribution is -0.139. The summed E-state index contributed by atoms with van der Waals surface area (Å²) in [6, 6.07) is 3.29. The normalized spacial score (nSPS) is 24.0. The van der Waals surface area contributed by atoms with Gasteiger partial charge in [-0.15, -0.1) is 0 Å². The van der Waals surface area contributed by atoms with Crippen LogP contribution in [0.25, 0.3) is 0 Å². The Balaban J connectivity index is 1.30. The van der Waals surface area contributed by atoms with Gasteiger partial charge < -0.3 is 34.4 Å². The summed E-state index contributed by atoms with van der Waals surface area (Å²) in [5, 5.41) is 29.8. The van der Waals surface area contributed by atoms with Gasteiger partial charge in [0.2, 0.25) is 5.91 Å². The Kier molecular flexibility index (Phi) is 3.87. The molecule has 1 aromatic heterocycles. The van der Waals surface area contributed by atoms with Crippen LogP contribution in [0.3, 0.4) is 0 Å². The van der Waals surface area contributed by atoms with Crippen LogP contribution in [0.5, 0.6) is 11.5 Å². The molecule has 2 aromatic rings. The van der Waals surface area contributed by atoms with E-state index in [0.29, 0.717) is 30.8 Å². The molecule has 3 heterocycles. The van der Waals surface area contributed by atoms with E-state index in [1.165, 1.54) is 6.33 Å². The second-order valence-electron chi connectivity index (χ2n) is 7.82. The number of hydrogen-bond acceptors (Lipinski definition) is 7. The molecule has 0 unspecified atom stereocenters. The zero-order valence-electron chi connectivity index (χ0n) is 15.3. The molecule has 11 heteroatoms. The number of carbonyl (C=O) groups excluding carboxylic acids is 1. The Bertz CT molecular complexity index is 988. The van der Waals surface area contributed by atoms with Crippen molar-refractivity contribution < 1.29 is 34.1 Å². The monoisotopic (exact) mass is 400 g/mol. The highest BCUT2D eigenvalue weighted by atomic mass is 16.6. The molecule has 1 aromatic carbocycles. The molecular formula is C18H19BN3O7-. The summed E-state index contributed by atoms with van der Waals surface area (Å²) in [5.74, 6) is -1.81. The number of aromatic nitrogens is 2. The van der Waals surface area contributed by atoms with Crippen molar-refractivity contribution in [3.63, 3.8) is 0 Å². The van der Waals surface area contributed by atoms with Crippen LogP contribution < -0.4 is 9.39 Å². The summed E-state index contributed by atoms with van der Waals surface area (Å²) in [4.78, 5) is 32.5. The van der Waals surface area contributed by atoms with E-state index < -0.39 is 18.5 Å². The third kappa shape index (κ3) is 3.02. The number of amides is 1. The van der Waals surface area contributed by atoms with Gasteiger partial charge in [-0.2, -0.15) is 0 Å². The molecule has 152 valence electrons. The van der Waals surface area contributed by atoms with E-state index in [1.807, 2.05) is 0 Å². The van der Waals surface area contributed by atoms with Crippen molar-refractivity contribution in [3.05, 3.63) is 41.5 Å². The fraction of sp³-hybridized carbons (Fsp3) is 0.389. The number of carbonyl (C=O) groups is 2. The van der Waals surface area contributed by atoms with E-state index >= 15 is 0 Å². The zero-order chi connectivity index (χ0) is 20.3. The number of hydrogen-bond donors (Lipinski definition) is 4.